The van der Waals surface area contributed by atoms with Crippen LogP contribution < -0.4 is 16.6 Å². The van der Waals surface area contributed by atoms with Crippen molar-refractivity contribution in [2.45, 2.75) is 44.7 Å². The van der Waals surface area contributed by atoms with E-state index in [1.807, 2.05) is 18.2 Å². The van der Waals surface area contributed by atoms with E-state index in [4.69, 9.17) is 0 Å². The molecule has 3 heterocycles. The molecule has 2 aromatic heterocycles. The van der Waals surface area contributed by atoms with Crippen molar-refractivity contribution >= 4 is 22.4 Å². The smallest absolute Gasteiger partial charge is 0.331 e. The van der Waals surface area contributed by atoms with E-state index in [9.17, 15) is 27.6 Å². The minimum atomic E-state index is -1.10. The van der Waals surface area contributed by atoms with Crippen LogP contribution in [-0.4, -0.2) is 56.0 Å². The fourth-order valence-electron chi connectivity index (χ4n) is 5.93. The quantitative estimate of drug-likeness (QED) is 0.172. The highest BCUT2D eigenvalue weighted by Gasteiger charge is 2.19. The molecule has 0 bridgehead atoms. The highest BCUT2D eigenvalue weighted by atomic mass is 19.2. The monoisotopic (exact) mass is 680 g/mol. The van der Waals surface area contributed by atoms with Crippen molar-refractivity contribution < 1.29 is 18.0 Å². The highest BCUT2D eigenvalue weighted by molar-refractivity contribution is 5.95. The third-order valence-electron chi connectivity index (χ3n) is 8.77. The highest BCUT2D eigenvalue weighted by Crippen LogP contribution is 2.22. The molecule has 1 N–H and O–H groups in total. The fourth-order valence-corrected chi connectivity index (χ4v) is 5.93. The second-order valence-electron chi connectivity index (χ2n) is 12.6. The van der Waals surface area contributed by atoms with Gasteiger partial charge in [0.2, 0.25) is 0 Å². The van der Waals surface area contributed by atoms with E-state index in [-0.39, 0.29) is 42.4 Å². The van der Waals surface area contributed by atoms with Crippen LogP contribution in [-0.2, 0) is 20.0 Å². The number of Topliss-reactive ketones (excluding diaryl/α,β-unsaturated/α-hetero) is 1. The van der Waals surface area contributed by atoms with Gasteiger partial charge in [0.05, 0.1) is 23.3 Å². The third kappa shape index (κ3) is 8.01. The lowest BCUT2D eigenvalue weighted by molar-refractivity contribution is 0.0981. The predicted octanol–water partition coefficient (Wildman–Crippen LogP) is 5.07. The number of aromatic nitrogens is 4. The molecule has 50 heavy (non-hydrogen) atoms. The summed E-state index contributed by atoms with van der Waals surface area (Å²) in [5, 5.41) is 4.11. The number of aryl methyl sites for hydroxylation is 1. The van der Waals surface area contributed by atoms with Gasteiger partial charge in [-0.2, -0.15) is 0 Å². The second kappa shape index (κ2) is 14.9. The Bertz CT molecular complexity index is 2270. The lowest BCUT2D eigenvalue weighted by atomic mass is 10.0. The van der Waals surface area contributed by atoms with Gasteiger partial charge in [0, 0.05) is 55.7 Å². The number of benzene rings is 3. The van der Waals surface area contributed by atoms with E-state index in [1.54, 1.807) is 18.3 Å². The van der Waals surface area contributed by atoms with Gasteiger partial charge in [-0.1, -0.05) is 24.0 Å². The van der Waals surface area contributed by atoms with Gasteiger partial charge in [-0.3, -0.25) is 14.2 Å². The van der Waals surface area contributed by atoms with Crippen molar-refractivity contribution in [2.24, 2.45) is 7.05 Å². The minimum Gasteiger partial charge on any atom is -0.380 e. The molecule has 0 aliphatic carbocycles. The van der Waals surface area contributed by atoms with E-state index in [0.29, 0.717) is 29.0 Å². The number of carbonyl (C=O) groups excluding carboxylic acids is 1. The molecule has 256 valence electrons. The largest absolute Gasteiger partial charge is 0.380 e. The molecule has 0 spiro atoms. The Hall–Kier alpha value is -5.54. The lowest BCUT2D eigenvalue weighted by Gasteiger charge is -2.30. The summed E-state index contributed by atoms with van der Waals surface area (Å²) in [4.78, 5) is 50.0. The molecule has 0 atom stereocenters. The number of nitrogens with zero attached hydrogens (tertiary/aromatic N) is 5. The predicted molar refractivity (Wildman–Crippen MR) is 185 cm³/mol. The SMILES string of the molecule is CN1CCC(Nc2ccc(Cc3ncc4cc(C#CCCC(=O)c5cn(C)c(=O)n(Cc6ccc(F)c(F)c6)c5=O)ccc4n3)cc2F)CC1. The van der Waals surface area contributed by atoms with Crippen LogP contribution in [0, 0.1) is 29.3 Å². The zero-order chi connectivity index (χ0) is 35.4. The number of carbonyl (C=O) groups is 1. The van der Waals surface area contributed by atoms with E-state index >= 15 is 0 Å². The van der Waals surface area contributed by atoms with Gasteiger partial charge in [-0.05, 0) is 86.6 Å². The summed E-state index contributed by atoms with van der Waals surface area (Å²) >= 11 is 0. The Morgan fingerprint density at radius 1 is 0.940 bits per heavy atom. The van der Waals surface area contributed by atoms with E-state index in [0.717, 1.165) is 58.1 Å². The molecule has 1 fully saturated rings. The summed E-state index contributed by atoms with van der Waals surface area (Å²) in [6.07, 6.45) is 5.30. The van der Waals surface area contributed by atoms with Crippen LogP contribution in [0.25, 0.3) is 10.9 Å². The van der Waals surface area contributed by atoms with Gasteiger partial charge in [0.15, 0.2) is 17.4 Å². The van der Waals surface area contributed by atoms with Gasteiger partial charge < -0.3 is 14.8 Å². The number of likely N-dealkylation sites (tertiary alicyclic amines) is 1. The average Bonchev–Trinajstić information content (AvgIpc) is 3.10. The number of ketones is 1. The molecule has 1 saturated heterocycles. The van der Waals surface area contributed by atoms with E-state index < -0.39 is 28.7 Å². The lowest BCUT2D eigenvalue weighted by Crippen LogP contribution is -2.41. The molecule has 0 radical (unpaired) electrons. The number of piperidine rings is 1. The van der Waals surface area contributed by atoms with Crippen LogP contribution >= 0.6 is 0 Å². The Morgan fingerprint density at radius 2 is 1.70 bits per heavy atom. The Labute approximate surface area is 286 Å². The summed E-state index contributed by atoms with van der Waals surface area (Å²) in [6.45, 7) is 1.66. The number of halogens is 3. The Morgan fingerprint density at radius 3 is 2.46 bits per heavy atom. The summed E-state index contributed by atoms with van der Waals surface area (Å²) in [5.41, 5.74) is 1.18. The van der Waals surface area contributed by atoms with Crippen LogP contribution in [0.1, 0.15) is 58.6 Å². The molecule has 3 aromatic carbocycles. The Balaban J connectivity index is 1.07. The van der Waals surface area contributed by atoms with Gasteiger partial charge in [-0.25, -0.2) is 27.9 Å². The number of fused-ring (bicyclic) bond motifs is 1. The van der Waals surface area contributed by atoms with Crippen molar-refractivity contribution in [1.82, 2.24) is 24.0 Å². The number of rotatable bonds is 9. The molecular formula is C38H35F3N6O3. The maximum absolute atomic E-state index is 14.9. The minimum absolute atomic E-state index is 0.0680. The molecule has 5 aromatic rings. The number of anilines is 1. The topological polar surface area (TPSA) is 102 Å². The molecule has 9 nitrogen and oxygen atoms in total. The molecule has 0 amide bonds. The van der Waals surface area contributed by atoms with Crippen molar-refractivity contribution in [3.8, 4) is 11.8 Å². The van der Waals surface area contributed by atoms with Gasteiger partial charge in [0.25, 0.3) is 5.56 Å². The van der Waals surface area contributed by atoms with Gasteiger partial charge >= 0.3 is 5.69 Å². The molecule has 1 aliphatic heterocycles. The first-order valence-electron chi connectivity index (χ1n) is 16.3. The first-order chi connectivity index (χ1) is 24.0. The van der Waals surface area contributed by atoms with Gasteiger partial charge in [-0.15, -0.1) is 0 Å². The van der Waals surface area contributed by atoms with Gasteiger partial charge in [0.1, 0.15) is 11.6 Å². The summed E-state index contributed by atoms with van der Waals surface area (Å²) in [5.74, 6) is 3.59. The number of hydrogen-bond donors (Lipinski definition) is 1. The number of hydrogen-bond acceptors (Lipinski definition) is 7. The maximum Gasteiger partial charge on any atom is 0.331 e. The first-order valence-corrected chi connectivity index (χ1v) is 16.3. The molecular weight excluding hydrogens is 645 g/mol. The average molecular weight is 681 g/mol. The summed E-state index contributed by atoms with van der Waals surface area (Å²) in [7, 11) is 3.49. The van der Waals surface area contributed by atoms with Crippen LogP contribution in [0.3, 0.4) is 0 Å². The van der Waals surface area contributed by atoms with Crippen molar-refractivity contribution in [1.29, 1.82) is 0 Å². The fraction of sp³-hybridized carbons (Fsp3) is 0.289. The van der Waals surface area contributed by atoms with Crippen molar-refractivity contribution in [2.75, 3.05) is 25.5 Å². The molecule has 6 rings (SSSR count). The third-order valence-corrected chi connectivity index (χ3v) is 8.77. The van der Waals surface area contributed by atoms with Crippen LogP contribution in [0.15, 0.2) is 76.6 Å². The van der Waals surface area contributed by atoms with E-state index in [2.05, 4.69) is 39.1 Å². The van der Waals surface area contributed by atoms with Crippen LogP contribution in [0.5, 0.6) is 0 Å². The van der Waals surface area contributed by atoms with E-state index in [1.165, 1.54) is 25.4 Å². The Kier molecular flexibility index (Phi) is 10.2. The molecule has 0 saturated carbocycles. The number of nitrogens with one attached hydrogen (secondary N) is 1. The first kappa shape index (κ1) is 34.3. The zero-order valence-electron chi connectivity index (χ0n) is 27.7. The maximum atomic E-state index is 14.9. The van der Waals surface area contributed by atoms with Crippen molar-refractivity contribution in [3.63, 3.8) is 0 Å². The van der Waals surface area contributed by atoms with Crippen LogP contribution in [0.4, 0.5) is 18.9 Å². The van der Waals surface area contributed by atoms with Crippen LogP contribution in [0.2, 0.25) is 0 Å². The molecule has 1 aliphatic rings. The van der Waals surface area contributed by atoms with Crippen molar-refractivity contribution in [3.05, 3.63) is 133 Å². The summed E-state index contributed by atoms with van der Waals surface area (Å²) in [6, 6.07) is 14.0. The zero-order valence-corrected chi connectivity index (χ0v) is 27.7. The normalized spacial score (nSPS) is 13.6. The molecule has 0 unspecified atom stereocenters. The second-order valence-corrected chi connectivity index (χ2v) is 12.6. The standard InChI is InChI=1S/C38H35F3N6O3/c1-45-15-13-28(14-16-45)43-34-12-9-25(18-32(34)41)20-36-42-21-27-17-24(8-11-33(27)44-36)5-3-4-6-35(48)29-23-46(2)38(50)47(37(29)49)22-26-7-10-30(39)31(40)19-26/h7-12,17-19,21,23,28,43H,4,6,13-16,20,22H2,1-2H3. The molecule has 12 heteroatoms. The summed E-state index contributed by atoms with van der Waals surface area (Å²) < 4.78 is 43.8.